The maximum atomic E-state index is 12.2. The molecule has 0 amide bonds. The van der Waals surface area contributed by atoms with Gasteiger partial charge in [0, 0.05) is 16.5 Å². The highest BCUT2D eigenvalue weighted by Crippen LogP contribution is 2.23. The molecule has 2 aromatic carbocycles. The van der Waals surface area contributed by atoms with Crippen LogP contribution in [-0.4, -0.2) is 16.5 Å². The molecule has 21 heavy (non-hydrogen) atoms. The van der Waals surface area contributed by atoms with Gasteiger partial charge in [-0.1, -0.05) is 49.4 Å². The third kappa shape index (κ3) is 3.19. The van der Waals surface area contributed by atoms with Crippen LogP contribution in [0.1, 0.15) is 22.8 Å². The summed E-state index contributed by atoms with van der Waals surface area (Å²) in [5.74, 6) is 0.625. The number of rotatable bonds is 5. The minimum atomic E-state index is 0.168. The quantitative estimate of drug-likeness (QED) is 0.546. The molecule has 1 heterocycles. The van der Waals surface area contributed by atoms with E-state index in [-0.39, 0.29) is 5.78 Å². The summed E-state index contributed by atoms with van der Waals surface area (Å²) in [6, 6.07) is 18.1. The number of thioether (sulfide) groups is 1. The second-order valence-corrected chi connectivity index (χ2v) is 6.00. The first-order valence-electron chi connectivity index (χ1n) is 7.09. The lowest BCUT2D eigenvalue weighted by Gasteiger charge is -2.01. The van der Waals surface area contributed by atoms with Gasteiger partial charge in [-0.3, -0.25) is 4.79 Å². The van der Waals surface area contributed by atoms with Gasteiger partial charge in [0.15, 0.2) is 5.78 Å². The smallest absolute Gasteiger partial charge is 0.173 e. The van der Waals surface area contributed by atoms with E-state index in [1.165, 1.54) is 10.9 Å². The van der Waals surface area contributed by atoms with Crippen LogP contribution < -0.4 is 0 Å². The number of aryl methyl sites for hydroxylation is 1. The summed E-state index contributed by atoms with van der Waals surface area (Å²) < 4.78 is 0. The Morgan fingerprint density at radius 3 is 2.57 bits per heavy atom. The predicted molar refractivity (Wildman–Crippen MR) is 89.2 cm³/mol. The zero-order chi connectivity index (χ0) is 14.7. The molecule has 0 fully saturated rings. The fraction of sp³-hybridized carbons (Fsp3) is 0.167. The van der Waals surface area contributed by atoms with Crippen LogP contribution in [0, 0.1) is 0 Å². The molecule has 106 valence electrons. The molecule has 3 aromatic rings. The molecule has 0 spiro atoms. The average Bonchev–Trinajstić information content (AvgIpc) is 2.95. The number of H-pyrrole nitrogens is 1. The topological polar surface area (TPSA) is 32.9 Å². The van der Waals surface area contributed by atoms with Crippen molar-refractivity contribution in [1.29, 1.82) is 0 Å². The monoisotopic (exact) mass is 295 g/mol. The Bertz CT molecular complexity index is 725. The highest BCUT2D eigenvalue weighted by Gasteiger charge is 2.08. The van der Waals surface area contributed by atoms with Gasteiger partial charge in [0.25, 0.3) is 0 Å². The van der Waals surface area contributed by atoms with Crippen molar-refractivity contribution in [1.82, 2.24) is 4.98 Å². The second-order valence-electron chi connectivity index (χ2n) is 4.98. The van der Waals surface area contributed by atoms with E-state index in [0.717, 1.165) is 22.5 Å². The molecule has 3 rings (SSSR count). The molecule has 0 aliphatic carbocycles. The van der Waals surface area contributed by atoms with E-state index in [9.17, 15) is 4.79 Å². The third-order valence-electron chi connectivity index (χ3n) is 3.55. The lowest BCUT2D eigenvalue weighted by molar-refractivity contribution is 0.102. The molecule has 3 heteroatoms. The molecule has 2 nitrogen and oxygen atoms in total. The van der Waals surface area contributed by atoms with Crippen LogP contribution in [0.25, 0.3) is 10.9 Å². The van der Waals surface area contributed by atoms with Gasteiger partial charge in [-0.25, -0.2) is 0 Å². The molecule has 0 aliphatic heterocycles. The summed E-state index contributed by atoms with van der Waals surface area (Å²) in [5, 5.41) is 2.22. The zero-order valence-electron chi connectivity index (χ0n) is 11.9. The first kappa shape index (κ1) is 14.0. The van der Waals surface area contributed by atoms with Crippen molar-refractivity contribution in [3.05, 3.63) is 65.7 Å². The van der Waals surface area contributed by atoms with Crippen molar-refractivity contribution in [3.63, 3.8) is 0 Å². The Morgan fingerprint density at radius 1 is 1.10 bits per heavy atom. The molecular formula is C18H17NOS. The SMILES string of the molecule is CCc1ccc(C(=O)CSc2cc3ccccc3[nH]2)cc1. The van der Waals surface area contributed by atoms with Gasteiger partial charge >= 0.3 is 0 Å². The number of nitrogens with one attached hydrogen (secondary N) is 1. The van der Waals surface area contributed by atoms with Crippen LogP contribution in [0.2, 0.25) is 0 Å². The first-order valence-corrected chi connectivity index (χ1v) is 8.07. The van der Waals surface area contributed by atoms with Crippen molar-refractivity contribution < 1.29 is 4.79 Å². The van der Waals surface area contributed by atoms with Crippen LogP contribution in [0.4, 0.5) is 0 Å². The van der Waals surface area contributed by atoms with E-state index >= 15 is 0 Å². The molecule has 1 aromatic heterocycles. The number of aromatic nitrogens is 1. The molecule has 0 radical (unpaired) electrons. The van der Waals surface area contributed by atoms with E-state index in [0.29, 0.717) is 5.75 Å². The number of para-hydroxylation sites is 1. The number of carbonyl (C=O) groups is 1. The number of Topliss-reactive ketones (excluding diaryl/α,β-unsaturated/α-hetero) is 1. The number of benzene rings is 2. The second kappa shape index (κ2) is 6.19. The lowest BCUT2D eigenvalue weighted by atomic mass is 10.1. The van der Waals surface area contributed by atoms with Gasteiger partial charge in [0.1, 0.15) is 0 Å². The molecule has 0 unspecified atom stereocenters. The van der Waals surface area contributed by atoms with Crippen molar-refractivity contribution in [3.8, 4) is 0 Å². The number of ketones is 1. The lowest BCUT2D eigenvalue weighted by Crippen LogP contribution is -2.02. The van der Waals surface area contributed by atoms with Crippen LogP contribution in [-0.2, 0) is 6.42 Å². The number of hydrogen-bond acceptors (Lipinski definition) is 2. The summed E-state index contributed by atoms with van der Waals surface area (Å²) in [6.45, 7) is 2.11. The Hall–Kier alpha value is -2.00. The molecule has 0 saturated heterocycles. The standard InChI is InChI=1S/C18H17NOS/c1-2-13-7-9-14(10-8-13)17(20)12-21-18-11-15-5-3-4-6-16(15)19-18/h3-11,19H,2,12H2,1H3. The fourth-order valence-corrected chi connectivity index (χ4v) is 3.12. The summed E-state index contributed by atoms with van der Waals surface area (Å²) >= 11 is 1.55. The van der Waals surface area contributed by atoms with Crippen molar-refractivity contribution >= 4 is 28.4 Å². The van der Waals surface area contributed by atoms with E-state index in [1.807, 2.05) is 42.5 Å². The van der Waals surface area contributed by atoms with Crippen LogP contribution in [0.15, 0.2) is 59.6 Å². The molecule has 0 atom stereocenters. The predicted octanol–water partition coefficient (Wildman–Crippen LogP) is 4.71. The summed E-state index contributed by atoms with van der Waals surface area (Å²) in [4.78, 5) is 15.5. The Kier molecular flexibility index (Phi) is 4.11. The zero-order valence-corrected chi connectivity index (χ0v) is 12.7. The Balaban J connectivity index is 1.67. The van der Waals surface area contributed by atoms with E-state index in [4.69, 9.17) is 0 Å². The maximum Gasteiger partial charge on any atom is 0.173 e. The maximum absolute atomic E-state index is 12.2. The van der Waals surface area contributed by atoms with Gasteiger partial charge in [-0.15, -0.1) is 11.8 Å². The number of carbonyl (C=O) groups excluding carboxylic acids is 1. The number of aromatic amines is 1. The third-order valence-corrected chi connectivity index (χ3v) is 4.49. The normalized spacial score (nSPS) is 10.9. The van der Waals surface area contributed by atoms with Crippen LogP contribution in [0.5, 0.6) is 0 Å². The van der Waals surface area contributed by atoms with Crippen LogP contribution in [0.3, 0.4) is 0 Å². The summed E-state index contributed by atoms with van der Waals surface area (Å²) in [7, 11) is 0. The van der Waals surface area contributed by atoms with Gasteiger partial charge < -0.3 is 4.98 Å². The summed E-state index contributed by atoms with van der Waals surface area (Å²) in [5.41, 5.74) is 3.16. The minimum Gasteiger partial charge on any atom is -0.350 e. The first-order chi connectivity index (χ1) is 10.3. The Labute approximate surface area is 128 Å². The largest absolute Gasteiger partial charge is 0.350 e. The highest BCUT2D eigenvalue weighted by atomic mass is 32.2. The van der Waals surface area contributed by atoms with Crippen molar-refractivity contribution in [2.75, 3.05) is 5.75 Å². The highest BCUT2D eigenvalue weighted by molar-refractivity contribution is 7.99. The van der Waals surface area contributed by atoms with Crippen molar-refractivity contribution in [2.45, 2.75) is 18.4 Å². The molecule has 0 bridgehead atoms. The number of hydrogen-bond donors (Lipinski definition) is 1. The van der Waals surface area contributed by atoms with E-state index in [1.54, 1.807) is 11.8 Å². The average molecular weight is 295 g/mol. The number of fused-ring (bicyclic) bond motifs is 1. The fourth-order valence-electron chi connectivity index (χ4n) is 2.28. The Morgan fingerprint density at radius 2 is 1.86 bits per heavy atom. The van der Waals surface area contributed by atoms with Crippen LogP contribution >= 0.6 is 11.8 Å². The molecule has 0 aliphatic rings. The molecule has 1 N–H and O–H groups in total. The molecule has 0 saturated carbocycles. The van der Waals surface area contributed by atoms with Gasteiger partial charge in [-0.05, 0) is 24.1 Å². The minimum absolute atomic E-state index is 0.168. The van der Waals surface area contributed by atoms with E-state index in [2.05, 4.69) is 24.0 Å². The summed E-state index contributed by atoms with van der Waals surface area (Å²) in [6.07, 6.45) is 0.998. The van der Waals surface area contributed by atoms with Crippen molar-refractivity contribution in [2.24, 2.45) is 0 Å². The van der Waals surface area contributed by atoms with Gasteiger partial charge in [0.2, 0.25) is 0 Å². The molecular weight excluding hydrogens is 278 g/mol. The van der Waals surface area contributed by atoms with Gasteiger partial charge in [0.05, 0.1) is 10.8 Å². The van der Waals surface area contributed by atoms with E-state index < -0.39 is 0 Å². The van der Waals surface area contributed by atoms with Gasteiger partial charge in [-0.2, -0.15) is 0 Å².